The number of likely N-dealkylation sites (N-methyl/N-ethyl adjacent to an activating group) is 1. The molecule has 1 saturated heterocycles. The van der Waals surface area contributed by atoms with Crippen LogP contribution in [0.25, 0.3) is 0 Å². The average molecular weight is 436 g/mol. The van der Waals surface area contributed by atoms with Gasteiger partial charge in [0.05, 0.1) is 10.6 Å². The number of carbonyl (C=O) groups excluding carboxylic acids is 1. The Morgan fingerprint density at radius 1 is 1.10 bits per heavy atom. The van der Waals surface area contributed by atoms with E-state index in [1.807, 2.05) is 14.1 Å². The first-order valence-corrected chi connectivity index (χ1v) is 11.3. The fourth-order valence-corrected chi connectivity index (χ4v) is 4.92. The summed E-state index contributed by atoms with van der Waals surface area (Å²) in [6.07, 6.45) is 1.99. The summed E-state index contributed by atoms with van der Waals surface area (Å²) in [7, 11) is 1.67. The second-order valence-corrected chi connectivity index (χ2v) is 9.90. The third-order valence-corrected chi connectivity index (χ3v) is 7.34. The molecule has 156 valence electrons. The van der Waals surface area contributed by atoms with E-state index in [2.05, 4.69) is 4.90 Å². The Morgan fingerprint density at radius 2 is 1.83 bits per heavy atom. The minimum absolute atomic E-state index is 0.0759. The van der Waals surface area contributed by atoms with Crippen LogP contribution in [0.5, 0.6) is 0 Å². The molecule has 0 bridgehead atoms. The zero-order valence-corrected chi connectivity index (χ0v) is 18.4. The van der Waals surface area contributed by atoms with Crippen molar-refractivity contribution in [1.29, 1.82) is 0 Å². The summed E-state index contributed by atoms with van der Waals surface area (Å²) in [6, 6.07) is 13.2. The van der Waals surface area contributed by atoms with Crippen LogP contribution >= 0.6 is 11.6 Å². The predicted molar refractivity (Wildman–Crippen MR) is 116 cm³/mol. The minimum Gasteiger partial charge on any atom is -0.337 e. The topological polar surface area (TPSA) is 60.9 Å². The van der Waals surface area contributed by atoms with Crippen molar-refractivity contribution in [3.05, 3.63) is 59.1 Å². The molecule has 0 N–H and O–H groups in total. The molecule has 3 rings (SSSR count). The molecular weight excluding hydrogens is 410 g/mol. The molecule has 0 spiro atoms. The molecule has 2 aromatic rings. The Hall–Kier alpha value is -2.09. The summed E-state index contributed by atoms with van der Waals surface area (Å²) >= 11 is 6.00. The monoisotopic (exact) mass is 435 g/mol. The molecule has 29 heavy (non-hydrogen) atoms. The van der Waals surface area contributed by atoms with Crippen molar-refractivity contribution in [3.8, 4) is 0 Å². The number of halogens is 1. The number of hydrogen-bond donors (Lipinski definition) is 0. The SMILES string of the molecule is CN(C)C1CCCN(C(=O)c2cccc(S(=O)(=O)N(C)c3cccc(Cl)c3)c2)C1. The van der Waals surface area contributed by atoms with E-state index >= 15 is 0 Å². The normalized spacial score (nSPS) is 17.4. The zero-order chi connectivity index (χ0) is 21.2. The molecule has 0 saturated carbocycles. The van der Waals surface area contributed by atoms with Crippen LogP contribution in [0, 0.1) is 0 Å². The van der Waals surface area contributed by atoms with Crippen molar-refractivity contribution in [3.63, 3.8) is 0 Å². The van der Waals surface area contributed by atoms with E-state index in [1.165, 1.54) is 23.5 Å². The molecule has 1 aliphatic rings. The van der Waals surface area contributed by atoms with E-state index in [-0.39, 0.29) is 10.8 Å². The van der Waals surface area contributed by atoms with Crippen molar-refractivity contribution in [2.75, 3.05) is 38.5 Å². The number of nitrogens with zero attached hydrogens (tertiary/aromatic N) is 3. The predicted octanol–water partition coefficient (Wildman–Crippen LogP) is 3.33. The molecule has 1 amide bonds. The summed E-state index contributed by atoms with van der Waals surface area (Å²) in [4.78, 5) is 17.0. The summed E-state index contributed by atoms with van der Waals surface area (Å²) in [6.45, 7) is 1.33. The van der Waals surface area contributed by atoms with Gasteiger partial charge in [-0.3, -0.25) is 9.10 Å². The van der Waals surface area contributed by atoms with Crippen LogP contribution in [0.15, 0.2) is 53.4 Å². The van der Waals surface area contributed by atoms with Gasteiger partial charge < -0.3 is 9.80 Å². The quantitative estimate of drug-likeness (QED) is 0.722. The van der Waals surface area contributed by atoms with Crippen molar-refractivity contribution < 1.29 is 13.2 Å². The number of piperidine rings is 1. The van der Waals surface area contributed by atoms with Crippen LogP contribution < -0.4 is 4.31 Å². The highest BCUT2D eigenvalue weighted by atomic mass is 35.5. The first-order chi connectivity index (χ1) is 13.7. The molecule has 1 aliphatic heterocycles. The van der Waals surface area contributed by atoms with E-state index in [1.54, 1.807) is 41.3 Å². The average Bonchev–Trinajstić information content (AvgIpc) is 2.72. The minimum atomic E-state index is -3.82. The number of rotatable bonds is 5. The molecule has 0 aliphatic carbocycles. The van der Waals surface area contributed by atoms with Gasteiger partial charge in [0.2, 0.25) is 0 Å². The number of amides is 1. The Bertz CT molecular complexity index is 994. The summed E-state index contributed by atoms with van der Waals surface area (Å²) in [5.41, 5.74) is 0.837. The summed E-state index contributed by atoms with van der Waals surface area (Å²) < 4.78 is 27.3. The molecule has 6 nitrogen and oxygen atoms in total. The first kappa shape index (κ1) is 21.6. The smallest absolute Gasteiger partial charge is 0.264 e. The van der Waals surface area contributed by atoms with Crippen LogP contribution in [0.4, 0.5) is 5.69 Å². The van der Waals surface area contributed by atoms with Crippen LogP contribution in [-0.2, 0) is 10.0 Å². The third kappa shape index (κ3) is 4.74. The standard InChI is InChI=1S/C21H26ClN3O3S/c1-23(2)19-10-6-12-25(15-19)21(26)16-7-4-11-20(13-16)29(27,28)24(3)18-9-5-8-17(22)14-18/h4-5,7-9,11,13-14,19H,6,10,12,15H2,1-3H3. The van der Waals surface area contributed by atoms with E-state index in [0.717, 1.165) is 12.8 Å². The third-order valence-electron chi connectivity index (χ3n) is 5.33. The van der Waals surface area contributed by atoms with Crippen molar-refractivity contribution >= 4 is 33.2 Å². The number of anilines is 1. The van der Waals surface area contributed by atoms with E-state index < -0.39 is 10.0 Å². The fourth-order valence-electron chi connectivity index (χ4n) is 3.50. The van der Waals surface area contributed by atoms with Crippen LogP contribution in [-0.4, -0.2) is 64.4 Å². The lowest BCUT2D eigenvalue weighted by atomic mass is 10.0. The lowest BCUT2D eigenvalue weighted by Gasteiger charge is -2.36. The lowest BCUT2D eigenvalue weighted by Crippen LogP contribution is -2.47. The highest BCUT2D eigenvalue weighted by molar-refractivity contribution is 7.92. The number of hydrogen-bond acceptors (Lipinski definition) is 4. The molecule has 1 heterocycles. The number of benzene rings is 2. The lowest BCUT2D eigenvalue weighted by molar-refractivity contribution is 0.0635. The number of sulfonamides is 1. The van der Waals surface area contributed by atoms with Gasteiger partial charge in [-0.25, -0.2) is 8.42 Å². The molecule has 1 atom stereocenters. The van der Waals surface area contributed by atoms with Gasteiger partial charge in [-0.05, 0) is 63.3 Å². The van der Waals surface area contributed by atoms with Gasteiger partial charge in [-0.2, -0.15) is 0 Å². The second kappa shape index (κ2) is 8.73. The maximum atomic E-state index is 13.1. The number of likely N-dealkylation sites (tertiary alicyclic amines) is 1. The van der Waals surface area contributed by atoms with Crippen LogP contribution in [0.2, 0.25) is 5.02 Å². The molecule has 0 radical (unpaired) electrons. The van der Waals surface area contributed by atoms with Crippen molar-refractivity contribution in [1.82, 2.24) is 9.80 Å². The van der Waals surface area contributed by atoms with Gasteiger partial charge in [0, 0.05) is 36.8 Å². The van der Waals surface area contributed by atoms with Gasteiger partial charge in [0.25, 0.3) is 15.9 Å². The van der Waals surface area contributed by atoms with Crippen LogP contribution in [0.3, 0.4) is 0 Å². The molecule has 2 aromatic carbocycles. The largest absolute Gasteiger partial charge is 0.337 e. The van der Waals surface area contributed by atoms with Gasteiger partial charge in [0.15, 0.2) is 0 Å². The Balaban J connectivity index is 1.86. The Labute approximate surface area is 177 Å². The van der Waals surface area contributed by atoms with E-state index in [9.17, 15) is 13.2 Å². The van der Waals surface area contributed by atoms with Crippen molar-refractivity contribution in [2.45, 2.75) is 23.8 Å². The molecule has 1 unspecified atom stereocenters. The summed E-state index contributed by atoms with van der Waals surface area (Å²) in [5, 5.41) is 0.453. The Morgan fingerprint density at radius 3 is 2.52 bits per heavy atom. The second-order valence-electron chi connectivity index (χ2n) is 7.49. The highest BCUT2D eigenvalue weighted by Crippen LogP contribution is 2.25. The zero-order valence-electron chi connectivity index (χ0n) is 16.9. The Kier molecular flexibility index (Phi) is 6.51. The van der Waals surface area contributed by atoms with Gasteiger partial charge in [0.1, 0.15) is 0 Å². The van der Waals surface area contributed by atoms with Gasteiger partial charge in [-0.1, -0.05) is 23.7 Å². The summed E-state index contributed by atoms with van der Waals surface area (Å²) in [5.74, 6) is -0.140. The maximum absolute atomic E-state index is 13.1. The maximum Gasteiger partial charge on any atom is 0.264 e. The highest BCUT2D eigenvalue weighted by Gasteiger charge is 2.27. The first-order valence-electron chi connectivity index (χ1n) is 9.50. The van der Waals surface area contributed by atoms with Crippen LogP contribution in [0.1, 0.15) is 23.2 Å². The molecular formula is C21H26ClN3O3S. The van der Waals surface area contributed by atoms with E-state index in [0.29, 0.717) is 35.4 Å². The molecule has 0 aromatic heterocycles. The van der Waals surface area contributed by atoms with E-state index in [4.69, 9.17) is 11.6 Å². The van der Waals surface area contributed by atoms with Gasteiger partial charge >= 0.3 is 0 Å². The molecule has 1 fully saturated rings. The number of carbonyl (C=O) groups is 1. The van der Waals surface area contributed by atoms with Crippen molar-refractivity contribution in [2.24, 2.45) is 0 Å². The van der Waals surface area contributed by atoms with Gasteiger partial charge in [-0.15, -0.1) is 0 Å². The molecule has 8 heteroatoms. The fraction of sp³-hybridized carbons (Fsp3) is 0.381.